The lowest BCUT2D eigenvalue weighted by Gasteiger charge is -2.23. The average Bonchev–Trinajstić information content (AvgIpc) is 3.28. The molecular formula is C20H20N4O2. The fourth-order valence-electron chi connectivity index (χ4n) is 3.83. The minimum absolute atomic E-state index is 0.0333. The lowest BCUT2D eigenvalue weighted by molar-refractivity contribution is 0.0125. The van der Waals surface area contributed by atoms with Crippen molar-refractivity contribution >= 4 is 11.6 Å². The Kier molecular flexibility index (Phi) is 4.31. The zero-order chi connectivity index (χ0) is 18.0. The quantitative estimate of drug-likeness (QED) is 0.922. The van der Waals surface area contributed by atoms with Gasteiger partial charge in [0.2, 0.25) is 0 Å². The van der Waals surface area contributed by atoms with Gasteiger partial charge in [0.25, 0.3) is 5.91 Å². The van der Waals surface area contributed by atoms with Crippen LogP contribution in [0.25, 0.3) is 0 Å². The third kappa shape index (κ3) is 3.26. The number of benzene rings is 1. The minimum atomic E-state index is -0.271. The van der Waals surface area contributed by atoms with Crippen LogP contribution >= 0.6 is 0 Å². The maximum absolute atomic E-state index is 12.6. The Labute approximate surface area is 152 Å². The molecule has 6 nitrogen and oxygen atoms in total. The summed E-state index contributed by atoms with van der Waals surface area (Å²) in [6, 6.07) is 13.3. The van der Waals surface area contributed by atoms with Crippen molar-refractivity contribution in [1.29, 1.82) is 5.26 Å². The molecule has 2 saturated heterocycles. The van der Waals surface area contributed by atoms with Crippen LogP contribution < -0.4 is 5.32 Å². The van der Waals surface area contributed by atoms with Gasteiger partial charge in [-0.25, -0.2) is 0 Å². The molecule has 6 heteroatoms. The lowest BCUT2D eigenvalue weighted by atomic mass is 9.97. The maximum atomic E-state index is 12.6. The van der Waals surface area contributed by atoms with E-state index in [1.165, 1.54) is 0 Å². The van der Waals surface area contributed by atoms with Crippen LogP contribution in [0.1, 0.15) is 28.8 Å². The maximum Gasteiger partial charge on any atom is 0.254 e. The number of ether oxygens (including phenoxy) is 1. The molecule has 0 radical (unpaired) electrons. The highest BCUT2D eigenvalue weighted by Crippen LogP contribution is 2.36. The van der Waals surface area contributed by atoms with Crippen LogP contribution in [0, 0.1) is 11.3 Å². The molecule has 1 aromatic carbocycles. The van der Waals surface area contributed by atoms with Crippen LogP contribution in [0.5, 0.6) is 0 Å². The van der Waals surface area contributed by atoms with Gasteiger partial charge in [-0.2, -0.15) is 5.26 Å². The molecule has 2 aromatic rings. The van der Waals surface area contributed by atoms with Crippen LogP contribution in [-0.4, -0.2) is 47.1 Å². The standard InChI is InChI=1S/C20H20N4O2/c21-12-15-2-1-3-17(10-15)23-18-11-20(26-13-18)6-9-24(14-20)19(25)16-4-7-22-8-5-16/h1-5,7-8,10,18,23H,6,9,11,13-14H2. The number of hydrogen-bond donors (Lipinski definition) is 1. The second-order valence-corrected chi connectivity index (χ2v) is 6.94. The summed E-state index contributed by atoms with van der Waals surface area (Å²) in [5.74, 6) is 0.0333. The smallest absolute Gasteiger partial charge is 0.254 e. The van der Waals surface area contributed by atoms with E-state index in [1.807, 2.05) is 23.1 Å². The third-order valence-electron chi connectivity index (χ3n) is 5.10. The number of carbonyl (C=O) groups is 1. The van der Waals surface area contributed by atoms with Gasteiger partial charge in [0, 0.05) is 36.6 Å². The summed E-state index contributed by atoms with van der Waals surface area (Å²) in [5.41, 5.74) is 1.96. The van der Waals surface area contributed by atoms with E-state index in [0.29, 0.717) is 30.8 Å². The average molecular weight is 348 g/mol. The number of amides is 1. The third-order valence-corrected chi connectivity index (χ3v) is 5.10. The Morgan fingerprint density at radius 1 is 1.35 bits per heavy atom. The number of aromatic nitrogens is 1. The molecule has 2 fully saturated rings. The van der Waals surface area contributed by atoms with Gasteiger partial charge in [-0.3, -0.25) is 9.78 Å². The molecular weight excluding hydrogens is 328 g/mol. The highest BCUT2D eigenvalue weighted by Gasteiger charge is 2.46. The summed E-state index contributed by atoms with van der Waals surface area (Å²) in [4.78, 5) is 18.5. The first-order chi connectivity index (χ1) is 12.7. The number of nitriles is 1. The molecule has 1 aromatic heterocycles. The molecule has 3 heterocycles. The van der Waals surface area contributed by atoms with E-state index in [4.69, 9.17) is 10.00 Å². The van der Waals surface area contributed by atoms with Gasteiger partial charge in [0.05, 0.1) is 36.4 Å². The lowest BCUT2D eigenvalue weighted by Crippen LogP contribution is -2.36. The van der Waals surface area contributed by atoms with Crippen LogP contribution in [0.4, 0.5) is 5.69 Å². The second kappa shape index (κ2) is 6.77. The first-order valence-electron chi connectivity index (χ1n) is 8.77. The van der Waals surface area contributed by atoms with Crippen molar-refractivity contribution in [2.75, 3.05) is 25.0 Å². The highest BCUT2D eigenvalue weighted by molar-refractivity contribution is 5.94. The van der Waals surface area contributed by atoms with E-state index in [0.717, 1.165) is 18.5 Å². The van der Waals surface area contributed by atoms with Crippen molar-refractivity contribution in [2.45, 2.75) is 24.5 Å². The molecule has 2 atom stereocenters. The number of pyridine rings is 1. The SMILES string of the molecule is N#Cc1cccc(NC2COC3(CCN(C(=O)c4ccncc4)C3)C2)c1. The number of hydrogen-bond acceptors (Lipinski definition) is 5. The van der Waals surface area contributed by atoms with Gasteiger partial charge in [0.15, 0.2) is 0 Å². The van der Waals surface area contributed by atoms with E-state index >= 15 is 0 Å². The zero-order valence-corrected chi connectivity index (χ0v) is 14.4. The Morgan fingerprint density at radius 3 is 3.00 bits per heavy atom. The first-order valence-corrected chi connectivity index (χ1v) is 8.77. The van der Waals surface area contributed by atoms with Crippen molar-refractivity contribution in [3.8, 4) is 6.07 Å². The number of rotatable bonds is 3. The summed E-state index contributed by atoms with van der Waals surface area (Å²) in [5, 5.41) is 12.5. The van der Waals surface area contributed by atoms with E-state index in [9.17, 15) is 4.79 Å². The zero-order valence-electron chi connectivity index (χ0n) is 14.4. The molecule has 26 heavy (non-hydrogen) atoms. The van der Waals surface area contributed by atoms with Gasteiger partial charge in [0.1, 0.15) is 0 Å². The number of nitrogens with one attached hydrogen (secondary N) is 1. The summed E-state index contributed by atoms with van der Waals surface area (Å²) >= 11 is 0. The first kappa shape index (κ1) is 16.6. The normalized spacial score (nSPS) is 24.6. The molecule has 2 aliphatic heterocycles. The van der Waals surface area contributed by atoms with E-state index in [1.54, 1.807) is 30.6 Å². The van der Waals surface area contributed by atoms with Gasteiger partial charge in [-0.1, -0.05) is 6.07 Å². The molecule has 2 unspecified atom stereocenters. The largest absolute Gasteiger partial charge is 0.380 e. The molecule has 0 saturated carbocycles. The Balaban J connectivity index is 1.39. The summed E-state index contributed by atoms with van der Waals surface area (Å²) in [6.45, 7) is 1.93. The van der Waals surface area contributed by atoms with Gasteiger partial charge in [-0.05, 0) is 36.8 Å². The van der Waals surface area contributed by atoms with Crippen molar-refractivity contribution in [3.05, 3.63) is 59.9 Å². The van der Waals surface area contributed by atoms with Gasteiger partial charge >= 0.3 is 0 Å². The highest BCUT2D eigenvalue weighted by atomic mass is 16.5. The van der Waals surface area contributed by atoms with Crippen molar-refractivity contribution < 1.29 is 9.53 Å². The fraction of sp³-hybridized carbons (Fsp3) is 0.350. The predicted molar refractivity (Wildman–Crippen MR) is 96.6 cm³/mol. The molecule has 1 amide bonds. The Hall–Kier alpha value is -2.91. The van der Waals surface area contributed by atoms with Crippen LogP contribution in [0.3, 0.4) is 0 Å². The Morgan fingerprint density at radius 2 is 2.19 bits per heavy atom. The fourth-order valence-corrected chi connectivity index (χ4v) is 3.83. The molecule has 1 N–H and O–H groups in total. The number of carbonyl (C=O) groups excluding carboxylic acids is 1. The Bertz CT molecular complexity index is 848. The van der Waals surface area contributed by atoms with Crippen LogP contribution in [-0.2, 0) is 4.74 Å². The topological polar surface area (TPSA) is 78.2 Å². The van der Waals surface area contributed by atoms with Crippen molar-refractivity contribution in [3.63, 3.8) is 0 Å². The molecule has 4 rings (SSSR count). The van der Waals surface area contributed by atoms with E-state index < -0.39 is 0 Å². The molecule has 0 bridgehead atoms. The summed E-state index contributed by atoms with van der Waals surface area (Å²) in [6.07, 6.45) is 4.98. The number of anilines is 1. The minimum Gasteiger partial charge on any atom is -0.380 e. The number of likely N-dealkylation sites (tertiary alicyclic amines) is 1. The van der Waals surface area contributed by atoms with E-state index in [2.05, 4.69) is 16.4 Å². The predicted octanol–water partition coefficient (Wildman–Crippen LogP) is 2.44. The summed E-state index contributed by atoms with van der Waals surface area (Å²) in [7, 11) is 0. The van der Waals surface area contributed by atoms with E-state index in [-0.39, 0.29) is 17.6 Å². The molecule has 1 spiro atoms. The number of nitrogens with zero attached hydrogens (tertiary/aromatic N) is 3. The van der Waals surface area contributed by atoms with Crippen LogP contribution in [0.2, 0.25) is 0 Å². The van der Waals surface area contributed by atoms with Gasteiger partial charge < -0.3 is 15.0 Å². The van der Waals surface area contributed by atoms with Crippen LogP contribution in [0.15, 0.2) is 48.8 Å². The molecule has 132 valence electrons. The molecule has 2 aliphatic rings. The van der Waals surface area contributed by atoms with Crippen molar-refractivity contribution in [1.82, 2.24) is 9.88 Å². The molecule has 0 aliphatic carbocycles. The monoisotopic (exact) mass is 348 g/mol. The second-order valence-electron chi connectivity index (χ2n) is 6.94. The van der Waals surface area contributed by atoms with Crippen molar-refractivity contribution in [2.24, 2.45) is 0 Å². The summed E-state index contributed by atoms with van der Waals surface area (Å²) < 4.78 is 6.13. The van der Waals surface area contributed by atoms with Gasteiger partial charge in [-0.15, -0.1) is 0 Å².